The molecule has 0 spiro atoms. The molecule has 0 atom stereocenters. The van der Waals surface area contributed by atoms with Gasteiger partial charge in [-0.15, -0.1) is 11.5 Å². The van der Waals surface area contributed by atoms with Gasteiger partial charge in [0, 0.05) is 6.42 Å². The molecule has 2 heteroatoms. The Balaban J connectivity index is 0. The van der Waals surface area contributed by atoms with Crippen LogP contribution in [-0.4, -0.2) is 8.80 Å². The van der Waals surface area contributed by atoms with Gasteiger partial charge >= 0.3 is 0 Å². The van der Waals surface area contributed by atoms with Crippen molar-refractivity contribution in [2.24, 2.45) is 0 Å². The maximum atomic E-state index is 3.15. The van der Waals surface area contributed by atoms with Crippen molar-refractivity contribution in [3.05, 3.63) is 0 Å². The van der Waals surface area contributed by atoms with Crippen LogP contribution in [0.4, 0.5) is 4.70 Å². The van der Waals surface area contributed by atoms with Crippen LogP contribution >= 0.6 is 0 Å². The van der Waals surface area contributed by atoms with Crippen LogP contribution in [0.2, 0.25) is 13.1 Å². The maximum absolute atomic E-state index is 3.15. The van der Waals surface area contributed by atoms with Gasteiger partial charge < -0.3 is 0 Å². The number of hydrogen-bond donors (Lipinski definition) is 0. The summed E-state index contributed by atoms with van der Waals surface area (Å²) in [4.78, 5) is 0. The lowest BCUT2D eigenvalue weighted by Crippen LogP contribution is -1.92. The predicted molar refractivity (Wildman–Crippen MR) is 38.1 cm³/mol. The van der Waals surface area contributed by atoms with Crippen LogP contribution in [-0.2, 0) is 0 Å². The quantitative estimate of drug-likeness (QED) is 0.347. The van der Waals surface area contributed by atoms with E-state index in [0.29, 0.717) is 0 Å². The second kappa shape index (κ2) is 6.71. The van der Waals surface area contributed by atoms with Gasteiger partial charge in [0.15, 0.2) is 0 Å². The third kappa shape index (κ3) is 9.20. The van der Waals surface area contributed by atoms with Crippen molar-refractivity contribution in [1.29, 1.82) is 0 Å². The highest BCUT2D eigenvalue weighted by molar-refractivity contribution is 6.64. The zero-order chi connectivity index (χ0) is 5.70. The Labute approximate surface area is 52.3 Å². The fourth-order valence-corrected chi connectivity index (χ4v) is 0.795. The molecule has 0 aromatic rings. The molecule has 0 rings (SSSR count). The lowest BCUT2D eigenvalue weighted by atomic mass is 10.5. The molecular formula is C6H12FSi. The van der Waals surface area contributed by atoms with Crippen LogP contribution in [0.25, 0.3) is 0 Å². The molecule has 0 aromatic heterocycles. The van der Waals surface area contributed by atoms with Gasteiger partial charge in [-0.1, -0.05) is 20.0 Å². The Morgan fingerprint density at radius 1 is 1.38 bits per heavy atom. The van der Waals surface area contributed by atoms with Gasteiger partial charge in [0.1, 0.15) is 8.80 Å². The van der Waals surface area contributed by atoms with Crippen molar-refractivity contribution in [1.82, 2.24) is 0 Å². The molecule has 0 aliphatic rings. The fourth-order valence-electron chi connectivity index (χ4n) is 0.265. The molecule has 0 nitrogen and oxygen atoms in total. The molecule has 0 bridgehead atoms. The summed E-state index contributed by atoms with van der Waals surface area (Å²) in [5.41, 5.74) is 3.15. The summed E-state index contributed by atoms with van der Waals surface area (Å²) < 4.78 is 0. The van der Waals surface area contributed by atoms with Crippen molar-refractivity contribution in [3.63, 3.8) is 0 Å². The van der Waals surface area contributed by atoms with Crippen molar-refractivity contribution in [2.75, 3.05) is 0 Å². The molecule has 0 amide bonds. The third-order valence-electron chi connectivity index (χ3n) is 0.515. The van der Waals surface area contributed by atoms with Gasteiger partial charge in [0.2, 0.25) is 0 Å². The average Bonchev–Trinajstić information content (AvgIpc) is 1.61. The summed E-state index contributed by atoms with van der Waals surface area (Å²) in [5.74, 6) is 3.04. The lowest BCUT2D eigenvalue weighted by Gasteiger charge is -1.79. The molecule has 0 aromatic carbocycles. The van der Waals surface area contributed by atoms with E-state index in [4.69, 9.17) is 0 Å². The minimum Gasteiger partial charge on any atom is -0.269 e. The van der Waals surface area contributed by atoms with Gasteiger partial charge in [-0.05, 0) is 0 Å². The number of hydrogen-bond acceptors (Lipinski definition) is 0. The molecule has 8 heavy (non-hydrogen) atoms. The molecule has 0 aliphatic carbocycles. The van der Waals surface area contributed by atoms with Gasteiger partial charge in [0.25, 0.3) is 0 Å². The molecule has 0 saturated carbocycles. The standard InChI is InChI=1S/C6H11Si.FH/c1-4-5-6-7(2)3;/h4H2,1-3H3;1H. The van der Waals surface area contributed by atoms with Crippen molar-refractivity contribution >= 4 is 8.80 Å². The molecule has 0 saturated heterocycles. The normalized spacial score (nSPS) is 7.00. The van der Waals surface area contributed by atoms with Crippen LogP contribution < -0.4 is 0 Å². The van der Waals surface area contributed by atoms with Crippen molar-refractivity contribution < 1.29 is 4.70 Å². The summed E-state index contributed by atoms with van der Waals surface area (Å²) in [7, 11) is -0.258. The first-order valence-corrected chi connectivity index (χ1v) is 5.06. The van der Waals surface area contributed by atoms with Crippen LogP contribution in [0.3, 0.4) is 0 Å². The average molecular weight is 131 g/mol. The molecule has 0 fully saturated rings. The fraction of sp³-hybridized carbons (Fsp3) is 0.667. The lowest BCUT2D eigenvalue weighted by molar-refractivity contribution is 1.11. The highest BCUT2D eigenvalue weighted by Gasteiger charge is 1.81. The first kappa shape index (κ1) is 10.6. The molecule has 0 N–H and O–H groups in total. The minimum absolute atomic E-state index is 0. The van der Waals surface area contributed by atoms with E-state index in [9.17, 15) is 0 Å². The zero-order valence-corrected chi connectivity index (χ0v) is 6.62. The first-order chi connectivity index (χ1) is 3.27. The van der Waals surface area contributed by atoms with E-state index < -0.39 is 0 Å². The van der Waals surface area contributed by atoms with E-state index in [0.717, 1.165) is 6.42 Å². The van der Waals surface area contributed by atoms with E-state index in [1.165, 1.54) is 0 Å². The van der Waals surface area contributed by atoms with E-state index >= 15 is 0 Å². The smallest absolute Gasteiger partial charge is 0.138 e. The molecule has 0 unspecified atom stereocenters. The van der Waals surface area contributed by atoms with Crippen molar-refractivity contribution in [2.45, 2.75) is 26.4 Å². The summed E-state index contributed by atoms with van der Waals surface area (Å²) in [5, 5.41) is 0. The second-order valence-corrected chi connectivity index (χ2v) is 3.91. The van der Waals surface area contributed by atoms with E-state index in [-0.39, 0.29) is 13.5 Å². The maximum Gasteiger partial charge on any atom is 0.138 e. The molecule has 47 valence electrons. The van der Waals surface area contributed by atoms with Crippen LogP contribution in [0.5, 0.6) is 0 Å². The minimum atomic E-state index is -0.258. The Bertz CT molecular complexity index is 88.4. The Morgan fingerprint density at radius 3 is 2.00 bits per heavy atom. The van der Waals surface area contributed by atoms with E-state index in [1.807, 2.05) is 0 Å². The highest BCUT2D eigenvalue weighted by atomic mass is 28.3. The Kier molecular flexibility index (Phi) is 8.92. The van der Waals surface area contributed by atoms with Gasteiger partial charge in [-0.25, -0.2) is 0 Å². The van der Waals surface area contributed by atoms with Gasteiger partial charge in [-0.3, -0.25) is 4.70 Å². The predicted octanol–water partition coefficient (Wildman–Crippen LogP) is 1.85. The van der Waals surface area contributed by atoms with E-state index in [2.05, 4.69) is 31.5 Å². The van der Waals surface area contributed by atoms with Gasteiger partial charge in [0.05, 0.1) is 0 Å². The van der Waals surface area contributed by atoms with Gasteiger partial charge in [-0.2, -0.15) is 0 Å². The Morgan fingerprint density at radius 2 is 1.88 bits per heavy atom. The van der Waals surface area contributed by atoms with Crippen molar-refractivity contribution in [3.8, 4) is 11.5 Å². The largest absolute Gasteiger partial charge is 0.269 e. The molecule has 0 aliphatic heterocycles. The number of rotatable bonds is 0. The van der Waals surface area contributed by atoms with E-state index in [1.54, 1.807) is 0 Å². The summed E-state index contributed by atoms with van der Waals surface area (Å²) in [6.45, 7) is 6.48. The zero-order valence-electron chi connectivity index (χ0n) is 5.62. The van der Waals surface area contributed by atoms with Crippen LogP contribution in [0.15, 0.2) is 0 Å². The molecule has 1 radical (unpaired) electrons. The summed E-state index contributed by atoms with van der Waals surface area (Å²) >= 11 is 0. The van der Waals surface area contributed by atoms with Crippen LogP contribution in [0, 0.1) is 11.5 Å². The summed E-state index contributed by atoms with van der Waals surface area (Å²) in [6.07, 6.45) is 1.01. The van der Waals surface area contributed by atoms with Crippen LogP contribution in [0.1, 0.15) is 13.3 Å². The SMILES string of the molecule is CCC#C[Si](C)C.F. The monoisotopic (exact) mass is 131 g/mol. The molecular weight excluding hydrogens is 119 g/mol. The number of halogens is 1. The highest BCUT2D eigenvalue weighted by Crippen LogP contribution is 1.74. The second-order valence-electron chi connectivity index (χ2n) is 1.66. The summed E-state index contributed by atoms with van der Waals surface area (Å²) in [6, 6.07) is 0. The molecule has 0 heterocycles. The third-order valence-corrected chi connectivity index (χ3v) is 1.19. The topological polar surface area (TPSA) is 0 Å². The Hall–Kier alpha value is -0.293. The first-order valence-electron chi connectivity index (χ1n) is 2.56.